The van der Waals surface area contributed by atoms with Gasteiger partial charge in [-0.1, -0.05) is 13.3 Å². The van der Waals surface area contributed by atoms with E-state index in [0.29, 0.717) is 18.1 Å². The Morgan fingerprint density at radius 2 is 2.07 bits per heavy atom. The fourth-order valence-electron chi connectivity index (χ4n) is 2.77. The number of fused-ring (bicyclic) bond motifs is 1. The lowest BCUT2D eigenvalue weighted by Crippen LogP contribution is -2.61. The number of unbranched alkanes of at least 4 members (excludes halogenated alkanes) is 1. The van der Waals surface area contributed by atoms with E-state index in [9.17, 15) is 18.4 Å². The average molecular weight is 375 g/mol. The molecule has 0 saturated carbocycles. The van der Waals surface area contributed by atoms with Crippen LogP contribution in [-0.2, 0) is 9.59 Å². The summed E-state index contributed by atoms with van der Waals surface area (Å²) in [5.74, 6) is -2.83. The zero-order chi connectivity index (χ0) is 19.6. The van der Waals surface area contributed by atoms with Gasteiger partial charge in [-0.15, -0.1) is 0 Å². The number of halogens is 2. The first kappa shape index (κ1) is 18.8. The number of benzene rings is 1. The Morgan fingerprint density at radius 1 is 1.30 bits per heavy atom. The quantitative estimate of drug-likeness (QED) is 0.814. The molecule has 0 bridgehead atoms. The predicted molar refractivity (Wildman–Crippen MR) is 95.5 cm³/mol. The first-order chi connectivity index (χ1) is 12.9. The van der Waals surface area contributed by atoms with Crippen LogP contribution in [0.4, 0.5) is 20.3 Å². The molecule has 6 nitrogen and oxygen atoms in total. The second-order valence-electron chi connectivity index (χ2n) is 6.35. The Kier molecular flexibility index (Phi) is 5.07. The van der Waals surface area contributed by atoms with Gasteiger partial charge >= 0.3 is 0 Å². The number of aromatic nitrogens is 1. The topological polar surface area (TPSA) is 71.5 Å². The number of nitrogens with one attached hydrogen (secondary N) is 1. The minimum Gasteiger partial charge on any atom is -0.464 e. The first-order valence-electron chi connectivity index (χ1n) is 8.59. The summed E-state index contributed by atoms with van der Waals surface area (Å²) >= 11 is 0. The number of amides is 2. The maximum Gasteiger partial charge on any atom is 0.282 e. The lowest BCUT2D eigenvalue weighted by Gasteiger charge is -2.38. The Hall–Kier alpha value is -3.03. The molecule has 2 amide bonds. The second kappa shape index (κ2) is 7.30. The maximum absolute atomic E-state index is 13.4. The van der Waals surface area contributed by atoms with Gasteiger partial charge in [0.1, 0.15) is 0 Å². The van der Waals surface area contributed by atoms with Crippen molar-refractivity contribution in [2.75, 3.05) is 16.8 Å². The molecular formula is C19H19F2N3O3. The van der Waals surface area contributed by atoms with E-state index in [4.69, 9.17) is 4.74 Å². The molecule has 0 fully saturated rings. The lowest BCUT2D eigenvalue weighted by atomic mass is 10.0. The molecule has 0 saturated heterocycles. The summed E-state index contributed by atoms with van der Waals surface area (Å²) in [6.45, 7) is 3.72. The molecular weight excluding hydrogens is 356 g/mol. The van der Waals surface area contributed by atoms with E-state index in [1.807, 2.05) is 6.92 Å². The van der Waals surface area contributed by atoms with E-state index >= 15 is 0 Å². The summed E-state index contributed by atoms with van der Waals surface area (Å²) in [5.41, 5.74) is -1.84. The normalized spacial score (nSPS) is 18.7. The van der Waals surface area contributed by atoms with Crippen LogP contribution >= 0.6 is 0 Å². The highest BCUT2D eigenvalue weighted by Gasteiger charge is 2.51. The maximum atomic E-state index is 13.4. The van der Waals surface area contributed by atoms with Gasteiger partial charge in [-0.2, -0.15) is 0 Å². The number of ether oxygens (including phenoxy) is 1. The SMILES string of the molecule is CCCCN1C(=O)[C@@](C)(C(=O)Nc2ccc(F)c(F)c2)Oc2cccnc21. The molecule has 1 aliphatic rings. The van der Waals surface area contributed by atoms with Crippen LogP contribution in [0.25, 0.3) is 0 Å². The number of rotatable bonds is 5. The monoisotopic (exact) mass is 375 g/mol. The van der Waals surface area contributed by atoms with Crippen LogP contribution in [0.5, 0.6) is 5.75 Å². The number of carbonyl (C=O) groups is 2. The van der Waals surface area contributed by atoms with Gasteiger partial charge in [-0.05, 0) is 37.6 Å². The third-order valence-corrected chi connectivity index (χ3v) is 4.32. The highest BCUT2D eigenvalue weighted by molar-refractivity contribution is 6.19. The third kappa shape index (κ3) is 3.47. The van der Waals surface area contributed by atoms with Gasteiger partial charge in [-0.3, -0.25) is 14.5 Å². The van der Waals surface area contributed by atoms with E-state index in [0.717, 1.165) is 25.0 Å². The van der Waals surface area contributed by atoms with Gasteiger partial charge in [0.15, 0.2) is 23.2 Å². The van der Waals surface area contributed by atoms with E-state index in [-0.39, 0.29) is 5.69 Å². The molecule has 1 atom stereocenters. The summed E-state index contributed by atoms with van der Waals surface area (Å²) in [6, 6.07) is 6.20. The highest BCUT2D eigenvalue weighted by atomic mass is 19.2. The van der Waals surface area contributed by atoms with Gasteiger partial charge in [0.25, 0.3) is 17.4 Å². The molecule has 0 aliphatic carbocycles. The molecule has 3 rings (SSSR count). The van der Waals surface area contributed by atoms with Crippen molar-refractivity contribution in [2.45, 2.75) is 32.3 Å². The molecule has 8 heteroatoms. The summed E-state index contributed by atoms with van der Waals surface area (Å²) in [6.07, 6.45) is 3.12. The standard InChI is InChI=1S/C19H19F2N3O3/c1-3-4-10-24-16-15(6-5-9-22-16)27-19(2,18(24)26)17(25)23-12-7-8-13(20)14(21)11-12/h5-9,11H,3-4,10H2,1-2H3,(H,23,25)/t19-/m1/s1. The predicted octanol–water partition coefficient (Wildman–Crippen LogP) is 3.28. The number of hydrogen-bond acceptors (Lipinski definition) is 4. The zero-order valence-corrected chi connectivity index (χ0v) is 15.0. The summed E-state index contributed by atoms with van der Waals surface area (Å²) in [4.78, 5) is 31.5. The molecule has 27 heavy (non-hydrogen) atoms. The molecule has 0 radical (unpaired) electrons. The van der Waals surface area contributed by atoms with Crippen molar-refractivity contribution >= 4 is 23.3 Å². The van der Waals surface area contributed by atoms with Crippen molar-refractivity contribution in [1.82, 2.24) is 4.98 Å². The van der Waals surface area contributed by atoms with Gasteiger partial charge in [-0.25, -0.2) is 13.8 Å². The van der Waals surface area contributed by atoms with E-state index in [1.54, 1.807) is 18.3 Å². The summed E-state index contributed by atoms with van der Waals surface area (Å²) in [5, 5.41) is 2.42. The van der Waals surface area contributed by atoms with Crippen LogP contribution in [0.2, 0.25) is 0 Å². The zero-order valence-electron chi connectivity index (χ0n) is 15.0. The van der Waals surface area contributed by atoms with Gasteiger partial charge < -0.3 is 10.1 Å². The number of pyridine rings is 1. The molecule has 0 unspecified atom stereocenters. The smallest absolute Gasteiger partial charge is 0.282 e. The Morgan fingerprint density at radius 3 is 2.78 bits per heavy atom. The number of nitrogens with zero attached hydrogens (tertiary/aromatic N) is 2. The largest absolute Gasteiger partial charge is 0.464 e. The van der Waals surface area contributed by atoms with E-state index in [1.165, 1.54) is 17.9 Å². The molecule has 1 aromatic heterocycles. The van der Waals surface area contributed by atoms with Crippen LogP contribution in [0, 0.1) is 11.6 Å². The Bertz CT molecular complexity index is 890. The number of anilines is 2. The molecule has 0 spiro atoms. The van der Waals surface area contributed by atoms with Gasteiger partial charge in [0.2, 0.25) is 0 Å². The second-order valence-corrected chi connectivity index (χ2v) is 6.35. The van der Waals surface area contributed by atoms with Crippen LogP contribution in [-0.4, -0.2) is 28.9 Å². The van der Waals surface area contributed by atoms with Crippen LogP contribution in [0.15, 0.2) is 36.5 Å². The summed E-state index contributed by atoms with van der Waals surface area (Å²) in [7, 11) is 0. The van der Waals surface area contributed by atoms with Crippen molar-refractivity contribution in [3.8, 4) is 5.75 Å². The Labute approximate surface area is 155 Å². The molecule has 2 heterocycles. The van der Waals surface area contributed by atoms with Crippen LogP contribution < -0.4 is 15.0 Å². The van der Waals surface area contributed by atoms with Crippen molar-refractivity contribution in [2.24, 2.45) is 0 Å². The van der Waals surface area contributed by atoms with Crippen molar-refractivity contribution in [3.63, 3.8) is 0 Å². The van der Waals surface area contributed by atoms with Crippen molar-refractivity contribution in [3.05, 3.63) is 48.2 Å². The van der Waals surface area contributed by atoms with Crippen LogP contribution in [0.1, 0.15) is 26.7 Å². The van der Waals surface area contributed by atoms with E-state index in [2.05, 4.69) is 10.3 Å². The van der Waals surface area contributed by atoms with Crippen molar-refractivity contribution < 1.29 is 23.1 Å². The molecule has 1 aliphatic heterocycles. The van der Waals surface area contributed by atoms with Crippen LogP contribution in [0.3, 0.4) is 0 Å². The molecule has 1 aromatic carbocycles. The Balaban J connectivity index is 1.92. The first-order valence-corrected chi connectivity index (χ1v) is 8.59. The van der Waals surface area contributed by atoms with Crippen molar-refractivity contribution in [1.29, 1.82) is 0 Å². The minimum atomic E-state index is -1.87. The molecule has 1 N–H and O–H groups in total. The molecule has 142 valence electrons. The average Bonchev–Trinajstić information content (AvgIpc) is 2.65. The number of carbonyl (C=O) groups excluding carboxylic acids is 2. The van der Waals surface area contributed by atoms with E-state index < -0.39 is 29.0 Å². The van der Waals surface area contributed by atoms with Gasteiger partial charge in [0.05, 0.1) is 0 Å². The number of hydrogen-bond donors (Lipinski definition) is 1. The fraction of sp³-hybridized carbons (Fsp3) is 0.316. The highest BCUT2D eigenvalue weighted by Crippen LogP contribution is 2.36. The molecule has 2 aromatic rings. The fourth-order valence-corrected chi connectivity index (χ4v) is 2.77. The van der Waals surface area contributed by atoms with Gasteiger partial charge in [0, 0.05) is 24.5 Å². The lowest BCUT2D eigenvalue weighted by molar-refractivity contribution is -0.145. The minimum absolute atomic E-state index is 0.0219. The summed E-state index contributed by atoms with van der Waals surface area (Å²) < 4.78 is 32.2. The third-order valence-electron chi connectivity index (χ3n) is 4.32.